The van der Waals surface area contributed by atoms with E-state index in [1.165, 1.54) is 16.7 Å². The lowest BCUT2D eigenvalue weighted by Crippen LogP contribution is -2.48. The first-order chi connectivity index (χ1) is 13.5. The first kappa shape index (κ1) is 18.6. The monoisotopic (exact) mass is 392 g/mol. The van der Waals surface area contributed by atoms with Crippen molar-refractivity contribution in [1.82, 2.24) is 4.90 Å². The van der Waals surface area contributed by atoms with Crippen LogP contribution in [0.25, 0.3) is 0 Å². The molecule has 0 saturated carbocycles. The van der Waals surface area contributed by atoms with E-state index >= 15 is 0 Å². The molecule has 28 heavy (non-hydrogen) atoms. The van der Waals surface area contributed by atoms with Crippen molar-refractivity contribution in [3.05, 3.63) is 75.8 Å². The van der Waals surface area contributed by atoms with Gasteiger partial charge in [-0.25, -0.2) is 0 Å². The number of amides is 1. The van der Waals surface area contributed by atoms with Gasteiger partial charge in [-0.05, 0) is 24.6 Å². The number of rotatable bonds is 3. The van der Waals surface area contributed by atoms with Crippen LogP contribution in [0.4, 0.5) is 0 Å². The molecule has 2 aromatic carbocycles. The van der Waals surface area contributed by atoms with Gasteiger partial charge in [0, 0.05) is 17.9 Å². The normalized spacial score (nSPS) is 24.1. The summed E-state index contributed by atoms with van der Waals surface area (Å²) in [6, 6.07) is 17.3. The molecule has 4 rings (SSSR count). The molecule has 2 aromatic rings. The van der Waals surface area contributed by atoms with Gasteiger partial charge in [0.25, 0.3) is 0 Å². The molecular formula is C22H20N2O3S. The zero-order chi connectivity index (χ0) is 19.9. The Morgan fingerprint density at radius 2 is 2.04 bits per heavy atom. The number of ether oxygens (including phenoxy) is 1. The van der Waals surface area contributed by atoms with Gasteiger partial charge in [-0.3, -0.25) is 9.69 Å². The summed E-state index contributed by atoms with van der Waals surface area (Å²) >= 11 is 1.35. The summed E-state index contributed by atoms with van der Waals surface area (Å²) in [7, 11) is 1.56. The van der Waals surface area contributed by atoms with Gasteiger partial charge in [0.05, 0.1) is 29.5 Å². The lowest BCUT2D eigenvalue weighted by atomic mass is 9.85. The third-order valence-corrected chi connectivity index (χ3v) is 6.55. The van der Waals surface area contributed by atoms with Crippen molar-refractivity contribution in [2.45, 2.75) is 25.0 Å². The molecule has 2 atom stereocenters. The van der Waals surface area contributed by atoms with E-state index in [9.17, 15) is 15.2 Å². The van der Waals surface area contributed by atoms with Crippen molar-refractivity contribution in [3.8, 4) is 11.8 Å². The molecule has 1 amide bonds. The number of nitrogens with zero attached hydrogens (tertiary/aromatic N) is 2. The number of benzene rings is 2. The molecule has 2 aliphatic rings. The second kappa shape index (κ2) is 7.01. The highest BCUT2D eigenvalue weighted by molar-refractivity contribution is 8.03. The van der Waals surface area contributed by atoms with E-state index in [4.69, 9.17) is 4.74 Å². The summed E-state index contributed by atoms with van der Waals surface area (Å²) in [6.07, 6.45) is 0.155. The number of carbonyl (C=O) groups excluding carboxylic acids is 1. The van der Waals surface area contributed by atoms with E-state index in [-0.39, 0.29) is 24.0 Å². The van der Waals surface area contributed by atoms with E-state index in [2.05, 4.69) is 6.07 Å². The van der Waals surface area contributed by atoms with E-state index in [1.54, 1.807) is 31.4 Å². The molecule has 0 spiro atoms. The SMILES string of the molecule is COc1cccc([C@]2(O)CSC3=C(C#N)[C@@H](c4ccc(C)cc4)CC(=O)N32)c1. The third-order valence-electron chi connectivity index (χ3n) is 5.32. The summed E-state index contributed by atoms with van der Waals surface area (Å²) in [5.41, 5.74) is 1.69. The van der Waals surface area contributed by atoms with Gasteiger partial charge in [-0.2, -0.15) is 5.26 Å². The fraction of sp³-hybridized carbons (Fsp3) is 0.273. The zero-order valence-electron chi connectivity index (χ0n) is 15.7. The molecule has 0 radical (unpaired) electrons. The minimum absolute atomic E-state index is 0.155. The van der Waals surface area contributed by atoms with Crippen LogP contribution in [0.1, 0.15) is 29.0 Å². The molecule has 5 nitrogen and oxygen atoms in total. The number of thioether (sulfide) groups is 1. The van der Waals surface area contributed by atoms with Gasteiger partial charge >= 0.3 is 0 Å². The van der Waals surface area contributed by atoms with E-state index < -0.39 is 5.72 Å². The Kier molecular flexibility index (Phi) is 4.66. The van der Waals surface area contributed by atoms with Crippen molar-refractivity contribution in [1.29, 1.82) is 5.26 Å². The highest BCUT2D eigenvalue weighted by Crippen LogP contribution is 2.51. The molecule has 1 saturated heterocycles. The fourth-order valence-electron chi connectivity index (χ4n) is 3.79. The van der Waals surface area contributed by atoms with Crippen molar-refractivity contribution in [2.24, 2.45) is 0 Å². The Labute approximate surface area is 168 Å². The smallest absolute Gasteiger partial charge is 0.231 e. The lowest BCUT2D eigenvalue weighted by Gasteiger charge is -2.38. The Morgan fingerprint density at radius 1 is 1.29 bits per heavy atom. The largest absolute Gasteiger partial charge is 0.497 e. The summed E-state index contributed by atoms with van der Waals surface area (Å²) in [4.78, 5) is 14.5. The predicted octanol–water partition coefficient (Wildman–Crippen LogP) is 3.65. The highest BCUT2D eigenvalue weighted by atomic mass is 32.2. The Morgan fingerprint density at radius 3 is 2.71 bits per heavy atom. The quantitative estimate of drug-likeness (QED) is 0.863. The maximum absolute atomic E-state index is 13.1. The van der Waals surface area contributed by atoms with Crippen LogP contribution in [0.5, 0.6) is 5.75 Å². The zero-order valence-corrected chi connectivity index (χ0v) is 16.5. The number of hydrogen-bond donors (Lipinski definition) is 1. The van der Waals surface area contributed by atoms with Gasteiger partial charge in [-0.15, -0.1) is 11.8 Å². The second-order valence-corrected chi connectivity index (χ2v) is 8.03. The average Bonchev–Trinajstić information content (AvgIpc) is 3.08. The maximum atomic E-state index is 13.1. The van der Waals surface area contributed by atoms with Gasteiger partial charge in [0.15, 0.2) is 5.72 Å². The van der Waals surface area contributed by atoms with Gasteiger partial charge < -0.3 is 9.84 Å². The first-order valence-corrected chi connectivity index (χ1v) is 10.00. The summed E-state index contributed by atoms with van der Waals surface area (Å²) in [5, 5.41) is 21.9. The molecule has 0 bridgehead atoms. The number of fused-ring (bicyclic) bond motifs is 1. The van der Waals surface area contributed by atoms with E-state index in [1.807, 2.05) is 31.2 Å². The van der Waals surface area contributed by atoms with Crippen LogP contribution < -0.4 is 4.74 Å². The van der Waals surface area contributed by atoms with E-state index in [0.29, 0.717) is 21.9 Å². The predicted molar refractivity (Wildman–Crippen MR) is 107 cm³/mol. The Bertz CT molecular complexity index is 1010. The molecular weight excluding hydrogens is 372 g/mol. The van der Waals surface area contributed by atoms with Crippen molar-refractivity contribution in [3.63, 3.8) is 0 Å². The summed E-state index contributed by atoms with van der Waals surface area (Å²) < 4.78 is 5.26. The number of aliphatic hydroxyl groups is 1. The number of aryl methyl sites for hydroxylation is 1. The van der Waals surface area contributed by atoms with Crippen molar-refractivity contribution < 1.29 is 14.6 Å². The number of allylic oxidation sites excluding steroid dienone is 1. The van der Waals surface area contributed by atoms with Crippen molar-refractivity contribution >= 4 is 17.7 Å². The topological polar surface area (TPSA) is 73.6 Å². The standard InChI is InChI=1S/C22H20N2O3S/c1-14-6-8-15(9-7-14)18-11-20(25)24-21(19(18)12-23)28-13-22(24,26)16-4-3-5-17(10-16)27-2/h3-10,18,26H,11,13H2,1-2H3/t18-,22-/m1/s1. The summed E-state index contributed by atoms with van der Waals surface area (Å²) in [6.45, 7) is 2.00. The fourth-order valence-corrected chi connectivity index (χ4v) is 5.15. The third kappa shape index (κ3) is 2.88. The Balaban J connectivity index is 1.79. The molecule has 6 heteroatoms. The van der Waals surface area contributed by atoms with Gasteiger partial charge in [0.1, 0.15) is 5.75 Å². The number of methoxy groups -OCH3 is 1. The molecule has 0 unspecified atom stereocenters. The molecule has 0 aliphatic carbocycles. The Hall–Kier alpha value is -2.75. The molecule has 0 aromatic heterocycles. The molecule has 2 heterocycles. The van der Waals surface area contributed by atoms with Crippen LogP contribution in [0.3, 0.4) is 0 Å². The lowest BCUT2D eigenvalue weighted by molar-refractivity contribution is -0.149. The molecule has 142 valence electrons. The van der Waals surface area contributed by atoms with Crippen LogP contribution in [0, 0.1) is 18.3 Å². The molecule has 2 aliphatic heterocycles. The minimum atomic E-state index is -1.49. The number of carbonyl (C=O) groups is 1. The minimum Gasteiger partial charge on any atom is -0.497 e. The van der Waals surface area contributed by atoms with Crippen LogP contribution in [-0.4, -0.2) is 28.8 Å². The summed E-state index contributed by atoms with van der Waals surface area (Å²) in [5.74, 6) is 0.405. The van der Waals surface area contributed by atoms with Gasteiger partial charge in [-0.1, -0.05) is 42.0 Å². The average molecular weight is 392 g/mol. The van der Waals surface area contributed by atoms with Crippen LogP contribution in [0.15, 0.2) is 59.1 Å². The van der Waals surface area contributed by atoms with Crippen LogP contribution in [0.2, 0.25) is 0 Å². The molecule has 1 N–H and O–H groups in total. The van der Waals surface area contributed by atoms with Crippen LogP contribution >= 0.6 is 11.8 Å². The van der Waals surface area contributed by atoms with Crippen LogP contribution in [-0.2, 0) is 10.5 Å². The highest BCUT2D eigenvalue weighted by Gasteiger charge is 2.51. The molecule has 1 fully saturated rings. The number of nitriles is 1. The van der Waals surface area contributed by atoms with Gasteiger partial charge in [0.2, 0.25) is 5.91 Å². The second-order valence-electron chi connectivity index (χ2n) is 7.06. The maximum Gasteiger partial charge on any atom is 0.231 e. The first-order valence-electron chi connectivity index (χ1n) is 9.01. The van der Waals surface area contributed by atoms with E-state index in [0.717, 1.165) is 11.1 Å². The van der Waals surface area contributed by atoms with Crippen molar-refractivity contribution in [2.75, 3.05) is 12.9 Å². The number of hydrogen-bond acceptors (Lipinski definition) is 5.